The number of rotatable bonds is 4. The number of urea groups is 1. The van der Waals surface area contributed by atoms with E-state index in [1.807, 2.05) is 48.4 Å². The van der Waals surface area contributed by atoms with E-state index in [9.17, 15) is 4.79 Å². The molecule has 1 N–H and O–H groups in total. The van der Waals surface area contributed by atoms with Gasteiger partial charge in [-0.15, -0.1) is 11.8 Å². The first-order valence-corrected chi connectivity index (χ1v) is 9.71. The lowest BCUT2D eigenvalue weighted by atomic mass is 10.3. The average molecular weight is 360 g/mol. The molecule has 1 aliphatic rings. The molecule has 0 radical (unpaired) electrons. The van der Waals surface area contributed by atoms with Crippen LogP contribution in [0.1, 0.15) is 17.9 Å². The van der Waals surface area contributed by atoms with Crippen molar-refractivity contribution in [1.29, 1.82) is 0 Å². The molecule has 0 atom stereocenters. The van der Waals surface area contributed by atoms with Crippen LogP contribution in [0.2, 0.25) is 0 Å². The summed E-state index contributed by atoms with van der Waals surface area (Å²) >= 11 is 1.63. The topological polar surface area (TPSA) is 61.6 Å². The van der Waals surface area contributed by atoms with Gasteiger partial charge in [-0.2, -0.15) is 0 Å². The van der Waals surface area contributed by atoms with Gasteiger partial charge in [-0.05, 0) is 31.7 Å². The molecule has 3 rings (SSSR count). The van der Waals surface area contributed by atoms with E-state index in [-0.39, 0.29) is 6.03 Å². The van der Waals surface area contributed by atoms with E-state index in [0.717, 1.165) is 54.6 Å². The van der Waals surface area contributed by atoms with Crippen LogP contribution in [0, 0.1) is 6.92 Å². The monoisotopic (exact) mass is 360 g/mol. The van der Waals surface area contributed by atoms with E-state index >= 15 is 0 Å². The third kappa shape index (κ3) is 4.76. The molecule has 0 unspecified atom stereocenters. The Labute approximate surface area is 152 Å². The van der Waals surface area contributed by atoms with Crippen LogP contribution in [0.3, 0.4) is 0 Å². The van der Waals surface area contributed by atoms with E-state index in [0.29, 0.717) is 6.54 Å². The molecule has 2 aromatic rings. The fourth-order valence-corrected chi connectivity index (χ4v) is 3.55. The van der Waals surface area contributed by atoms with E-state index < -0.39 is 0 Å². The van der Waals surface area contributed by atoms with Crippen LogP contribution >= 0.6 is 11.8 Å². The minimum atomic E-state index is -0.0272. The highest BCUT2D eigenvalue weighted by Crippen LogP contribution is 2.25. The van der Waals surface area contributed by atoms with Crippen molar-refractivity contribution in [1.82, 2.24) is 15.0 Å². The number of hydrogen-bond acceptors (Lipinski definition) is 5. The van der Waals surface area contributed by atoms with Crippen molar-refractivity contribution in [3.8, 4) is 0 Å². The lowest BCUT2D eigenvalue weighted by molar-refractivity contribution is 0.210. The molecule has 1 aromatic heterocycles. The fourth-order valence-electron chi connectivity index (χ4n) is 3.00. The Morgan fingerprint density at radius 2 is 2.12 bits per heavy atom. The van der Waals surface area contributed by atoms with Crippen LogP contribution in [0.5, 0.6) is 0 Å². The van der Waals surface area contributed by atoms with E-state index in [1.165, 1.54) is 0 Å². The first kappa shape index (κ1) is 17.8. The lowest BCUT2D eigenvalue weighted by Crippen LogP contribution is -2.38. The number of thioether (sulfide) groups is 1. The number of aryl methyl sites for hydroxylation is 1. The summed E-state index contributed by atoms with van der Waals surface area (Å²) in [6, 6.07) is 9.83. The summed E-state index contributed by atoms with van der Waals surface area (Å²) in [5, 5.41) is 7.10. The molecule has 25 heavy (non-hydrogen) atoms. The molecule has 1 fully saturated rings. The summed E-state index contributed by atoms with van der Waals surface area (Å²) in [4.78, 5) is 17.9. The molecule has 0 bridgehead atoms. The molecule has 0 spiro atoms. The number of anilines is 1. The number of benzene rings is 1. The molecular formula is C18H24N4O2S. The minimum Gasteiger partial charge on any atom is -0.361 e. The first-order chi connectivity index (χ1) is 12.2. The Bertz CT molecular complexity index is 719. The van der Waals surface area contributed by atoms with Gasteiger partial charge in [0.25, 0.3) is 0 Å². The Morgan fingerprint density at radius 3 is 2.88 bits per heavy atom. The molecule has 2 amide bonds. The SMILES string of the molecule is CSc1ccccc1NC(=O)N1CCCN(Cc2cc(C)on2)CC1. The van der Waals surface area contributed by atoms with Crippen molar-refractivity contribution in [3.05, 3.63) is 41.8 Å². The maximum atomic E-state index is 12.6. The van der Waals surface area contributed by atoms with E-state index in [4.69, 9.17) is 4.52 Å². The van der Waals surface area contributed by atoms with E-state index in [2.05, 4.69) is 15.4 Å². The zero-order chi connectivity index (χ0) is 17.6. The predicted octanol–water partition coefficient (Wildman–Crippen LogP) is 3.44. The number of para-hydroxylation sites is 1. The molecule has 6 nitrogen and oxygen atoms in total. The Balaban J connectivity index is 1.56. The van der Waals surface area contributed by atoms with Gasteiger partial charge in [0.15, 0.2) is 0 Å². The molecule has 1 aromatic carbocycles. The minimum absolute atomic E-state index is 0.0272. The molecule has 0 saturated carbocycles. The maximum Gasteiger partial charge on any atom is 0.321 e. The highest BCUT2D eigenvalue weighted by molar-refractivity contribution is 7.98. The van der Waals surface area contributed by atoms with Crippen LogP contribution in [-0.4, -0.2) is 53.4 Å². The highest BCUT2D eigenvalue weighted by atomic mass is 32.2. The van der Waals surface area contributed by atoms with Gasteiger partial charge in [0.05, 0.1) is 11.4 Å². The van der Waals surface area contributed by atoms with E-state index in [1.54, 1.807) is 11.8 Å². The number of carbonyl (C=O) groups excluding carboxylic acids is 1. The van der Waals surface area contributed by atoms with Crippen molar-refractivity contribution in [2.24, 2.45) is 0 Å². The number of carbonyl (C=O) groups is 1. The quantitative estimate of drug-likeness (QED) is 0.846. The second-order valence-electron chi connectivity index (χ2n) is 6.18. The molecule has 2 heterocycles. The number of amides is 2. The zero-order valence-electron chi connectivity index (χ0n) is 14.7. The smallest absolute Gasteiger partial charge is 0.321 e. The third-order valence-electron chi connectivity index (χ3n) is 4.29. The molecular weight excluding hydrogens is 336 g/mol. The normalized spacial score (nSPS) is 15.8. The van der Waals surface area contributed by atoms with Gasteiger partial charge in [0.2, 0.25) is 0 Å². The predicted molar refractivity (Wildman–Crippen MR) is 99.9 cm³/mol. The summed E-state index contributed by atoms with van der Waals surface area (Å²) in [5.74, 6) is 0.832. The Kier molecular flexibility index (Phi) is 5.99. The van der Waals surface area contributed by atoms with Gasteiger partial charge in [0, 0.05) is 43.7 Å². The van der Waals surface area contributed by atoms with Crippen molar-refractivity contribution in [3.63, 3.8) is 0 Å². The van der Waals surface area contributed by atoms with Gasteiger partial charge in [-0.1, -0.05) is 17.3 Å². The van der Waals surface area contributed by atoms with Gasteiger partial charge in [-0.25, -0.2) is 4.79 Å². The summed E-state index contributed by atoms with van der Waals surface area (Å²) in [6.07, 6.45) is 2.97. The fraction of sp³-hybridized carbons (Fsp3) is 0.444. The number of nitrogens with zero attached hydrogens (tertiary/aromatic N) is 3. The van der Waals surface area contributed by atoms with Gasteiger partial charge in [-0.3, -0.25) is 4.90 Å². The van der Waals surface area contributed by atoms with Crippen LogP contribution in [0.25, 0.3) is 0 Å². The van der Waals surface area contributed by atoms with Crippen molar-refractivity contribution >= 4 is 23.5 Å². The third-order valence-corrected chi connectivity index (χ3v) is 5.08. The van der Waals surface area contributed by atoms with Gasteiger partial charge >= 0.3 is 6.03 Å². The maximum absolute atomic E-state index is 12.6. The first-order valence-electron chi connectivity index (χ1n) is 8.49. The Morgan fingerprint density at radius 1 is 1.28 bits per heavy atom. The lowest BCUT2D eigenvalue weighted by Gasteiger charge is -2.22. The second-order valence-corrected chi connectivity index (χ2v) is 7.02. The van der Waals surface area contributed by atoms with Crippen LogP contribution < -0.4 is 5.32 Å². The molecule has 1 saturated heterocycles. The number of hydrogen-bond donors (Lipinski definition) is 1. The molecule has 7 heteroatoms. The average Bonchev–Trinajstić information content (AvgIpc) is 2.88. The molecule has 1 aliphatic heterocycles. The van der Waals surface area contributed by atoms with Crippen LogP contribution in [0.15, 0.2) is 39.8 Å². The van der Waals surface area contributed by atoms with Crippen LogP contribution in [-0.2, 0) is 6.54 Å². The standard InChI is InChI=1S/C18H24N4O2S/c1-14-12-15(20-24-14)13-21-8-5-9-22(11-10-21)18(23)19-16-6-3-4-7-17(16)25-2/h3-4,6-7,12H,5,8-11,13H2,1-2H3,(H,19,23). The summed E-state index contributed by atoms with van der Waals surface area (Å²) in [5.41, 5.74) is 1.82. The Hall–Kier alpha value is -1.99. The number of aromatic nitrogens is 1. The van der Waals surface area contributed by atoms with Gasteiger partial charge in [0.1, 0.15) is 5.76 Å². The number of nitrogens with one attached hydrogen (secondary N) is 1. The highest BCUT2D eigenvalue weighted by Gasteiger charge is 2.20. The zero-order valence-corrected chi connectivity index (χ0v) is 15.5. The molecule has 0 aliphatic carbocycles. The van der Waals surface area contributed by atoms with Crippen molar-refractivity contribution in [2.75, 3.05) is 37.8 Å². The van der Waals surface area contributed by atoms with Gasteiger partial charge < -0.3 is 14.7 Å². The molecule has 134 valence electrons. The second kappa shape index (κ2) is 8.40. The van der Waals surface area contributed by atoms with Crippen LogP contribution in [0.4, 0.5) is 10.5 Å². The summed E-state index contributed by atoms with van der Waals surface area (Å²) in [6.45, 7) is 5.94. The largest absolute Gasteiger partial charge is 0.361 e. The van der Waals surface area contributed by atoms with Crippen molar-refractivity contribution in [2.45, 2.75) is 24.8 Å². The summed E-state index contributed by atoms with van der Waals surface area (Å²) in [7, 11) is 0. The van der Waals surface area contributed by atoms with Crippen molar-refractivity contribution < 1.29 is 9.32 Å². The summed E-state index contributed by atoms with van der Waals surface area (Å²) < 4.78 is 5.13.